The fourth-order valence-electron chi connectivity index (χ4n) is 3.95. The Morgan fingerprint density at radius 3 is 2.54 bits per heavy atom. The highest BCUT2D eigenvalue weighted by molar-refractivity contribution is 6.39. The third-order valence-corrected chi connectivity index (χ3v) is 5.91. The van der Waals surface area contributed by atoms with E-state index < -0.39 is 17.8 Å². The van der Waals surface area contributed by atoms with Crippen molar-refractivity contribution in [3.63, 3.8) is 0 Å². The van der Waals surface area contributed by atoms with E-state index in [9.17, 15) is 19.2 Å². The molecule has 3 aromatic rings. The van der Waals surface area contributed by atoms with Crippen molar-refractivity contribution in [2.24, 2.45) is 0 Å². The molecule has 0 bridgehead atoms. The quantitative estimate of drug-likeness (QED) is 0.352. The smallest absolute Gasteiger partial charge is 0.335 e. The minimum atomic E-state index is -0.883. The van der Waals surface area contributed by atoms with Crippen molar-refractivity contribution in [3.05, 3.63) is 77.4 Å². The fraction of sp³-hybridized carbons (Fsp3) is 0.143. The van der Waals surface area contributed by atoms with Crippen LogP contribution in [0.1, 0.15) is 11.1 Å². The first-order valence-corrected chi connectivity index (χ1v) is 11.8. The minimum absolute atomic E-state index is 0.0293. The van der Waals surface area contributed by atoms with Crippen molar-refractivity contribution in [1.82, 2.24) is 5.32 Å². The molecule has 0 atom stereocenters. The fourth-order valence-corrected chi connectivity index (χ4v) is 3.95. The standard InChI is InChI=1S/C28H23N3O8/c1-16-3-6-18(7-4-16)29-25(32)14-37-21-9-5-17(12-23(21)36-2)11-20-26(33)30-28(35)31(27(20)34)19-8-10-22-24(13-19)39-15-38-22/h3-13H,14-15H2,1-2H3,(H,29,32)(H,30,33,35)/b20-11+. The van der Waals surface area contributed by atoms with E-state index in [1.165, 1.54) is 25.3 Å². The largest absolute Gasteiger partial charge is 0.493 e. The van der Waals surface area contributed by atoms with Crippen LogP contribution in [0.5, 0.6) is 23.0 Å². The number of anilines is 2. The summed E-state index contributed by atoms with van der Waals surface area (Å²) >= 11 is 0. The van der Waals surface area contributed by atoms with Crippen LogP contribution in [0.25, 0.3) is 6.08 Å². The van der Waals surface area contributed by atoms with Gasteiger partial charge in [0.2, 0.25) is 6.79 Å². The molecule has 0 spiro atoms. The van der Waals surface area contributed by atoms with Crippen molar-refractivity contribution in [3.8, 4) is 23.0 Å². The Labute approximate surface area is 222 Å². The van der Waals surface area contributed by atoms with Crippen LogP contribution in [0.15, 0.2) is 66.2 Å². The van der Waals surface area contributed by atoms with Crippen molar-refractivity contribution in [1.29, 1.82) is 0 Å². The molecule has 0 aromatic heterocycles. The van der Waals surface area contributed by atoms with Gasteiger partial charge in [0.25, 0.3) is 17.7 Å². The number of fused-ring (bicyclic) bond motifs is 1. The van der Waals surface area contributed by atoms with Gasteiger partial charge < -0.3 is 24.3 Å². The Morgan fingerprint density at radius 1 is 1.00 bits per heavy atom. The summed E-state index contributed by atoms with van der Waals surface area (Å²) in [5.41, 5.74) is 2.10. The van der Waals surface area contributed by atoms with Gasteiger partial charge in [-0.25, -0.2) is 9.69 Å². The molecule has 5 amide bonds. The number of amides is 5. The molecule has 0 saturated carbocycles. The predicted octanol–water partition coefficient (Wildman–Crippen LogP) is 3.42. The van der Waals surface area contributed by atoms with Crippen LogP contribution < -0.4 is 34.5 Å². The first-order valence-electron chi connectivity index (χ1n) is 11.8. The number of hydrogen-bond acceptors (Lipinski definition) is 8. The number of carbonyl (C=O) groups is 4. The van der Waals surface area contributed by atoms with Gasteiger partial charge in [0.1, 0.15) is 5.57 Å². The maximum Gasteiger partial charge on any atom is 0.335 e. The lowest BCUT2D eigenvalue weighted by molar-refractivity contribution is -0.122. The molecule has 1 fully saturated rings. The van der Waals surface area contributed by atoms with E-state index in [1.54, 1.807) is 36.4 Å². The zero-order valence-electron chi connectivity index (χ0n) is 21.0. The van der Waals surface area contributed by atoms with Gasteiger partial charge in [-0.2, -0.15) is 0 Å². The Bertz CT molecular complexity index is 1510. The third-order valence-electron chi connectivity index (χ3n) is 5.91. The van der Waals surface area contributed by atoms with Crippen LogP contribution in [-0.4, -0.2) is 44.3 Å². The molecule has 2 N–H and O–H groups in total. The number of imide groups is 2. The van der Waals surface area contributed by atoms with Gasteiger partial charge in [0.15, 0.2) is 29.6 Å². The molecule has 11 heteroatoms. The molecule has 198 valence electrons. The Morgan fingerprint density at radius 2 is 1.77 bits per heavy atom. The second-order valence-corrected chi connectivity index (χ2v) is 8.61. The number of carbonyl (C=O) groups excluding carboxylic acids is 4. The average Bonchev–Trinajstić information content (AvgIpc) is 3.39. The van der Waals surface area contributed by atoms with Crippen LogP contribution >= 0.6 is 0 Å². The second kappa shape index (κ2) is 10.6. The molecule has 0 radical (unpaired) electrons. The van der Waals surface area contributed by atoms with Gasteiger partial charge in [-0.15, -0.1) is 0 Å². The van der Waals surface area contributed by atoms with Crippen molar-refractivity contribution in [2.45, 2.75) is 6.92 Å². The van der Waals surface area contributed by atoms with Crippen LogP contribution in [0.2, 0.25) is 0 Å². The number of nitrogens with one attached hydrogen (secondary N) is 2. The monoisotopic (exact) mass is 529 g/mol. The van der Waals surface area contributed by atoms with Gasteiger partial charge in [-0.3, -0.25) is 19.7 Å². The van der Waals surface area contributed by atoms with Crippen LogP contribution in [-0.2, 0) is 14.4 Å². The molecule has 11 nitrogen and oxygen atoms in total. The summed E-state index contributed by atoms with van der Waals surface area (Å²) < 4.78 is 21.6. The predicted molar refractivity (Wildman–Crippen MR) is 140 cm³/mol. The van der Waals surface area contributed by atoms with Gasteiger partial charge in [0, 0.05) is 11.8 Å². The van der Waals surface area contributed by atoms with E-state index in [4.69, 9.17) is 18.9 Å². The summed E-state index contributed by atoms with van der Waals surface area (Å²) in [6, 6.07) is 15.7. The molecule has 2 aliphatic heterocycles. The van der Waals surface area contributed by atoms with Crippen LogP contribution in [0.3, 0.4) is 0 Å². The summed E-state index contributed by atoms with van der Waals surface area (Å²) in [7, 11) is 1.42. The molecule has 2 heterocycles. The Kier molecular flexibility index (Phi) is 6.87. The van der Waals surface area contributed by atoms with E-state index in [-0.39, 0.29) is 42.1 Å². The molecular formula is C28H23N3O8. The normalized spacial score (nSPS) is 15.3. The third kappa shape index (κ3) is 5.37. The number of hydrogen-bond donors (Lipinski definition) is 2. The lowest BCUT2D eigenvalue weighted by Crippen LogP contribution is -2.54. The van der Waals surface area contributed by atoms with Crippen molar-refractivity contribution < 1.29 is 38.1 Å². The van der Waals surface area contributed by atoms with Crippen LogP contribution in [0.4, 0.5) is 16.2 Å². The SMILES string of the molecule is COc1cc(/C=C2\C(=O)NC(=O)N(c3ccc4c(c3)OCO4)C2=O)ccc1OCC(=O)Nc1ccc(C)cc1. The molecule has 39 heavy (non-hydrogen) atoms. The lowest BCUT2D eigenvalue weighted by Gasteiger charge is -2.26. The van der Waals surface area contributed by atoms with Crippen molar-refractivity contribution >= 4 is 41.2 Å². The zero-order chi connectivity index (χ0) is 27.5. The summed E-state index contributed by atoms with van der Waals surface area (Å²) in [4.78, 5) is 51.4. The summed E-state index contributed by atoms with van der Waals surface area (Å²) in [6.07, 6.45) is 1.33. The van der Waals surface area contributed by atoms with Crippen molar-refractivity contribution in [2.75, 3.05) is 30.7 Å². The zero-order valence-corrected chi connectivity index (χ0v) is 21.0. The van der Waals surface area contributed by atoms with Gasteiger partial charge in [0.05, 0.1) is 12.8 Å². The number of aryl methyl sites for hydroxylation is 1. The first kappa shape index (κ1) is 25.3. The van der Waals surface area contributed by atoms with E-state index in [1.807, 2.05) is 19.1 Å². The Balaban J connectivity index is 1.32. The number of ether oxygens (including phenoxy) is 4. The molecule has 1 saturated heterocycles. The van der Waals surface area contributed by atoms with Gasteiger partial charge in [-0.05, 0) is 55.0 Å². The highest BCUT2D eigenvalue weighted by Crippen LogP contribution is 2.36. The number of rotatable bonds is 7. The number of nitrogens with zero attached hydrogens (tertiary/aromatic N) is 1. The molecule has 3 aromatic carbocycles. The molecule has 5 rings (SSSR count). The Hall–Kier alpha value is -5.32. The van der Waals surface area contributed by atoms with E-state index in [0.29, 0.717) is 22.7 Å². The molecule has 0 unspecified atom stereocenters. The summed E-state index contributed by atoms with van der Waals surface area (Å²) in [5, 5.41) is 4.92. The number of benzene rings is 3. The maximum atomic E-state index is 13.2. The maximum absolute atomic E-state index is 13.2. The lowest BCUT2D eigenvalue weighted by atomic mass is 10.1. The average molecular weight is 530 g/mol. The molecule has 2 aliphatic rings. The number of urea groups is 1. The topological polar surface area (TPSA) is 133 Å². The minimum Gasteiger partial charge on any atom is -0.493 e. The highest BCUT2D eigenvalue weighted by atomic mass is 16.7. The van der Waals surface area contributed by atoms with Gasteiger partial charge in [-0.1, -0.05) is 23.8 Å². The van der Waals surface area contributed by atoms with E-state index in [2.05, 4.69) is 10.6 Å². The van der Waals surface area contributed by atoms with E-state index >= 15 is 0 Å². The summed E-state index contributed by atoms with van der Waals surface area (Å²) in [6.45, 7) is 1.71. The molecule has 0 aliphatic carbocycles. The van der Waals surface area contributed by atoms with Crippen LogP contribution in [0, 0.1) is 6.92 Å². The second-order valence-electron chi connectivity index (χ2n) is 8.61. The van der Waals surface area contributed by atoms with E-state index in [0.717, 1.165) is 10.5 Å². The van der Waals surface area contributed by atoms with Gasteiger partial charge >= 0.3 is 6.03 Å². The number of barbiturate groups is 1. The highest BCUT2D eigenvalue weighted by Gasteiger charge is 2.37. The summed E-state index contributed by atoms with van der Waals surface area (Å²) in [5.74, 6) is -0.579. The number of methoxy groups -OCH3 is 1. The molecular weight excluding hydrogens is 506 g/mol. The first-order chi connectivity index (χ1) is 18.8.